The third kappa shape index (κ3) is 4.39. The Morgan fingerprint density at radius 2 is 2.40 bits per heavy atom. The highest BCUT2D eigenvalue weighted by Gasteiger charge is 2.03. The molecular weight excluding hydrogens is 194 g/mol. The lowest BCUT2D eigenvalue weighted by Crippen LogP contribution is -2.29. The summed E-state index contributed by atoms with van der Waals surface area (Å²) in [6.07, 6.45) is 2.51. The predicted molar refractivity (Wildman–Crippen MR) is 55.6 cm³/mol. The summed E-state index contributed by atoms with van der Waals surface area (Å²) in [5.74, 6) is -0.151. The zero-order chi connectivity index (χ0) is 11.1. The molecule has 0 saturated carbocycles. The number of carbonyl (C=O) groups excluding carboxylic acids is 1. The molecule has 1 aromatic rings. The Labute approximate surface area is 88.9 Å². The molecule has 0 aromatic carbocycles. The van der Waals surface area contributed by atoms with E-state index >= 15 is 0 Å². The molecule has 5 heteroatoms. The highest BCUT2D eigenvalue weighted by atomic mass is 16.5. The van der Waals surface area contributed by atoms with Gasteiger partial charge in [0.1, 0.15) is 0 Å². The second-order valence-electron chi connectivity index (χ2n) is 3.12. The number of rotatable bonds is 5. The lowest BCUT2D eigenvalue weighted by molar-refractivity contribution is -0.123. The zero-order valence-corrected chi connectivity index (χ0v) is 8.99. The van der Waals surface area contributed by atoms with Crippen LogP contribution in [0.2, 0.25) is 0 Å². The van der Waals surface area contributed by atoms with Crippen molar-refractivity contribution in [2.75, 3.05) is 13.2 Å². The highest BCUT2D eigenvalue weighted by Crippen LogP contribution is 2.00. The fourth-order valence-electron chi connectivity index (χ4n) is 0.941. The largest absolute Gasteiger partial charge is 0.453 e. The van der Waals surface area contributed by atoms with Gasteiger partial charge in [-0.25, -0.2) is 9.97 Å². The van der Waals surface area contributed by atoms with Crippen molar-refractivity contribution in [3.63, 3.8) is 0 Å². The summed E-state index contributed by atoms with van der Waals surface area (Å²) in [7, 11) is 0. The molecule has 1 N–H and O–H groups in total. The van der Waals surface area contributed by atoms with Crippen LogP contribution in [0.3, 0.4) is 0 Å². The Hall–Kier alpha value is -1.65. The summed E-state index contributed by atoms with van der Waals surface area (Å²) in [5.41, 5.74) is 0.814. The average molecular weight is 209 g/mol. The SMILES string of the molecule is CCCNC(=O)COc1nccc(C)n1. The van der Waals surface area contributed by atoms with Gasteiger partial charge in [-0.2, -0.15) is 0 Å². The Morgan fingerprint density at radius 3 is 3.07 bits per heavy atom. The van der Waals surface area contributed by atoms with Crippen LogP contribution in [0.15, 0.2) is 12.3 Å². The summed E-state index contributed by atoms with van der Waals surface area (Å²) < 4.78 is 5.11. The first kappa shape index (κ1) is 11.4. The van der Waals surface area contributed by atoms with Crippen molar-refractivity contribution in [1.82, 2.24) is 15.3 Å². The minimum atomic E-state index is -0.151. The second-order valence-corrected chi connectivity index (χ2v) is 3.12. The topological polar surface area (TPSA) is 64.1 Å². The number of aryl methyl sites for hydroxylation is 1. The molecule has 0 aliphatic rings. The normalized spacial score (nSPS) is 9.73. The molecule has 82 valence electrons. The molecule has 1 rings (SSSR count). The van der Waals surface area contributed by atoms with Crippen LogP contribution in [-0.2, 0) is 4.79 Å². The molecule has 5 nitrogen and oxygen atoms in total. The van der Waals surface area contributed by atoms with E-state index in [-0.39, 0.29) is 18.5 Å². The maximum Gasteiger partial charge on any atom is 0.317 e. The smallest absolute Gasteiger partial charge is 0.317 e. The Bertz CT molecular complexity index is 328. The zero-order valence-electron chi connectivity index (χ0n) is 8.99. The van der Waals surface area contributed by atoms with Crippen molar-refractivity contribution in [2.45, 2.75) is 20.3 Å². The summed E-state index contributed by atoms with van der Waals surface area (Å²) in [5, 5.41) is 2.70. The predicted octanol–water partition coefficient (Wildman–Crippen LogP) is 0.690. The van der Waals surface area contributed by atoms with Gasteiger partial charge < -0.3 is 10.1 Å². The Balaban J connectivity index is 2.33. The van der Waals surface area contributed by atoms with Crippen molar-refractivity contribution in [2.24, 2.45) is 0 Å². The minimum absolute atomic E-state index is 0.0382. The minimum Gasteiger partial charge on any atom is -0.453 e. The van der Waals surface area contributed by atoms with Crippen LogP contribution >= 0.6 is 0 Å². The number of nitrogens with one attached hydrogen (secondary N) is 1. The maximum atomic E-state index is 11.2. The van der Waals surface area contributed by atoms with Crippen LogP contribution in [0.25, 0.3) is 0 Å². The molecule has 0 fully saturated rings. The van der Waals surface area contributed by atoms with E-state index in [0.717, 1.165) is 12.1 Å². The molecule has 15 heavy (non-hydrogen) atoms. The first-order valence-electron chi connectivity index (χ1n) is 4.91. The molecule has 0 unspecified atom stereocenters. The van der Waals surface area contributed by atoms with Crippen molar-refractivity contribution in [3.8, 4) is 6.01 Å². The lowest BCUT2D eigenvalue weighted by atomic mass is 10.5. The molecule has 0 atom stereocenters. The number of nitrogens with zero attached hydrogens (tertiary/aromatic N) is 2. The standard InChI is InChI=1S/C10H15N3O2/c1-3-5-11-9(14)7-15-10-12-6-4-8(2)13-10/h4,6H,3,5,7H2,1-2H3,(H,11,14). The molecule has 0 saturated heterocycles. The molecule has 0 aliphatic carbocycles. The maximum absolute atomic E-state index is 11.2. The monoisotopic (exact) mass is 209 g/mol. The van der Waals surface area contributed by atoms with Crippen molar-refractivity contribution in [3.05, 3.63) is 18.0 Å². The van der Waals surface area contributed by atoms with Gasteiger partial charge >= 0.3 is 6.01 Å². The van der Waals surface area contributed by atoms with Crippen LogP contribution in [0.5, 0.6) is 6.01 Å². The molecule has 0 aliphatic heterocycles. The van der Waals surface area contributed by atoms with E-state index in [1.165, 1.54) is 0 Å². The van der Waals surface area contributed by atoms with E-state index in [0.29, 0.717) is 6.54 Å². The van der Waals surface area contributed by atoms with Gasteiger partial charge in [-0.1, -0.05) is 6.92 Å². The molecule has 1 heterocycles. The Morgan fingerprint density at radius 1 is 1.60 bits per heavy atom. The van der Waals surface area contributed by atoms with Crippen LogP contribution in [0, 0.1) is 6.92 Å². The van der Waals surface area contributed by atoms with Gasteiger partial charge in [0.05, 0.1) is 0 Å². The average Bonchev–Trinajstić information content (AvgIpc) is 2.23. The van der Waals surface area contributed by atoms with Gasteiger partial charge in [0.2, 0.25) is 0 Å². The Kier molecular flexibility index (Phi) is 4.53. The number of amides is 1. The number of ether oxygens (including phenoxy) is 1. The van der Waals surface area contributed by atoms with Gasteiger partial charge in [0.25, 0.3) is 5.91 Å². The van der Waals surface area contributed by atoms with Gasteiger partial charge in [0.15, 0.2) is 6.61 Å². The number of hydrogen-bond acceptors (Lipinski definition) is 4. The van der Waals surface area contributed by atoms with E-state index in [1.807, 2.05) is 13.8 Å². The number of hydrogen-bond donors (Lipinski definition) is 1. The second kappa shape index (κ2) is 5.95. The lowest BCUT2D eigenvalue weighted by Gasteiger charge is -2.04. The fourth-order valence-corrected chi connectivity index (χ4v) is 0.941. The van der Waals surface area contributed by atoms with E-state index in [4.69, 9.17) is 4.74 Å². The van der Waals surface area contributed by atoms with Crippen molar-refractivity contribution >= 4 is 5.91 Å². The van der Waals surface area contributed by atoms with Crippen LogP contribution in [0.1, 0.15) is 19.0 Å². The van der Waals surface area contributed by atoms with Crippen LogP contribution in [-0.4, -0.2) is 29.0 Å². The summed E-state index contributed by atoms with van der Waals surface area (Å²) in [6.45, 7) is 4.46. The first-order valence-corrected chi connectivity index (χ1v) is 4.91. The van der Waals surface area contributed by atoms with E-state index < -0.39 is 0 Å². The highest BCUT2D eigenvalue weighted by molar-refractivity contribution is 5.77. The van der Waals surface area contributed by atoms with Gasteiger partial charge in [0, 0.05) is 18.4 Å². The van der Waals surface area contributed by atoms with E-state index in [1.54, 1.807) is 12.3 Å². The number of aromatic nitrogens is 2. The first-order chi connectivity index (χ1) is 7.22. The third-order valence-corrected chi connectivity index (χ3v) is 1.68. The molecule has 0 radical (unpaired) electrons. The molecule has 1 aromatic heterocycles. The molecular formula is C10H15N3O2. The van der Waals surface area contributed by atoms with Gasteiger partial charge in [-0.3, -0.25) is 4.79 Å². The van der Waals surface area contributed by atoms with Crippen molar-refractivity contribution < 1.29 is 9.53 Å². The quantitative estimate of drug-likeness (QED) is 0.775. The third-order valence-electron chi connectivity index (χ3n) is 1.68. The summed E-state index contributed by atoms with van der Waals surface area (Å²) >= 11 is 0. The van der Waals surface area contributed by atoms with Crippen LogP contribution < -0.4 is 10.1 Å². The van der Waals surface area contributed by atoms with Crippen molar-refractivity contribution in [1.29, 1.82) is 0 Å². The van der Waals surface area contributed by atoms with Gasteiger partial charge in [-0.15, -0.1) is 0 Å². The van der Waals surface area contributed by atoms with Crippen LogP contribution in [0.4, 0.5) is 0 Å². The molecule has 0 bridgehead atoms. The fraction of sp³-hybridized carbons (Fsp3) is 0.500. The summed E-state index contributed by atoms with van der Waals surface area (Å²) in [4.78, 5) is 19.1. The summed E-state index contributed by atoms with van der Waals surface area (Å²) in [6, 6.07) is 2.01. The van der Waals surface area contributed by atoms with E-state index in [9.17, 15) is 4.79 Å². The van der Waals surface area contributed by atoms with E-state index in [2.05, 4.69) is 15.3 Å². The molecule has 0 spiro atoms. The molecule has 1 amide bonds. The van der Waals surface area contributed by atoms with Gasteiger partial charge in [-0.05, 0) is 19.4 Å². The number of carbonyl (C=O) groups is 1.